The van der Waals surface area contributed by atoms with E-state index in [0.717, 1.165) is 53.5 Å². The third-order valence-corrected chi connectivity index (χ3v) is 5.80. The summed E-state index contributed by atoms with van der Waals surface area (Å²) >= 11 is 0. The summed E-state index contributed by atoms with van der Waals surface area (Å²) in [6.07, 6.45) is 1.33. The molecule has 1 amide bonds. The Balaban J connectivity index is 0.000000200. The topological polar surface area (TPSA) is 113 Å². The predicted octanol–water partition coefficient (Wildman–Crippen LogP) is 1.89. The molecule has 176 valence electrons. The Kier molecular flexibility index (Phi) is 6.52. The number of anilines is 1. The van der Waals surface area contributed by atoms with Crippen molar-refractivity contribution in [2.75, 3.05) is 18.8 Å². The maximum absolute atomic E-state index is 12.7. The number of carbonyl (C=O) groups excluding carboxylic acids is 1. The molecule has 0 fully saturated rings. The zero-order valence-electron chi connectivity index (χ0n) is 17.7. The largest absolute Gasteiger partial charge is 0.431 e. The van der Waals surface area contributed by atoms with Crippen molar-refractivity contribution in [2.45, 2.75) is 44.8 Å². The average molecular weight is 463 g/mol. The molecule has 33 heavy (non-hydrogen) atoms. The number of carbonyl (C=O) groups is 1. The molecule has 0 radical (unpaired) electrons. The van der Waals surface area contributed by atoms with Crippen molar-refractivity contribution in [1.29, 1.82) is 0 Å². The molecule has 5 rings (SSSR count). The molecule has 1 atom stereocenters. The van der Waals surface area contributed by atoms with Crippen molar-refractivity contribution in [3.63, 3.8) is 0 Å². The van der Waals surface area contributed by atoms with Gasteiger partial charge in [0, 0.05) is 31.3 Å². The number of nitrogen functional groups attached to an aromatic ring is 1. The second kappa shape index (κ2) is 9.36. The fraction of sp³-hybridized carbons (Fsp3) is 0.409. The normalized spacial score (nSPS) is 19.4. The van der Waals surface area contributed by atoms with Crippen LogP contribution in [-0.2, 0) is 41.9 Å². The van der Waals surface area contributed by atoms with Crippen LogP contribution in [0.1, 0.15) is 34.5 Å². The van der Waals surface area contributed by atoms with Gasteiger partial charge in [0.25, 0.3) is 0 Å². The molecule has 2 aromatic heterocycles. The molecule has 3 aliphatic rings. The number of fused-ring (bicyclic) bond motifs is 3. The van der Waals surface area contributed by atoms with Gasteiger partial charge in [0.2, 0.25) is 11.5 Å². The zero-order chi connectivity index (χ0) is 23.6. The number of rotatable bonds is 1. The minimum atomic E-state index is -4.47. The lowest BCUT2D eigenvalue weighted by Gasteiger charge is -2.32. The summed E-state index contributed by atoms with van der Waals surface area (Å²) in [5.41, 5.74) is 8.51. The highest BCUT2D eigenvalue weighted by Crippen LogP contribution is 2.32. The first-order valence-electron chi connectivity index (χ1n) is 10.5. The summed E-state index contributed by atoms with van der Waals surface area (Å²) in [6, 6.07) is 2.72. The maximum Gasteiger partial charge on any atom is 0.431 e. The predicted molar refractivity (Wildman–Crippen MR) is 114 cm³/mol. The number of halogens is 3. The number of nitrogens with two attached hydrogens (primary N) is 1. The highest BCUT2D eigenvalue weighted by molar-refractivity contribution is 5.83. The van der Waals surface area contributed by atoms with Crippen LogP contribution in [0.15, 0.2) is 35.1 Å². The third-order valence-electron chi connectivity index (χ3n) is 5.80. The first-order chi connectivity index (χ1) is 15.7. The van der Waals surface area contributed by atoms with Crippen LogP contribution in [0, 0.1) is 0 Å². The summed E-state index contributed by atoms with van der Waals surface area (Å²) in [6.45, 7) is 3.22. The SMILES string of the molecule is Nc1nc2c(c3c1COC3)CC(C(=O)N1CC=CCC1)NC2.O=c1cccc(C(F)(F)F)[nH]1. The van der Waals surface area contributed by atoms with Crippen molar-refractivity contribution in [1.82, 2.24) is 20.2 Å². The van der Waals surface area contributed by atoms with E-state index in [1.54, 1.807) is 4.98 Å². The van der Waals surface area contributed by atoms with Crippen LogP contribution in [0.4, 0.5) is 19.0 Å². The number of ether oxygens (including phenoxy) is 1. The van der Waals surface area contributed by atoms with Crippen LogP contribution < -0.4 is 16.6 Å². The van der Waals surface area contributed by atoms with Gasteiger partial charge in [0.15, 0.2) is 0 Å². The van der Waals surface area contributed by atoms with Gasteiger partial charge >= 0.3 is 6.18 Å². The molecule has 3 aliphatic heterocycles. The number of hydrogen-bond donors (Lipinski definition) is 3. The van der Waals surface area contributed by atoms with E-state index in [4.69, 9.17) is 10.5 Å². The van der Waals surface area contributed by atoms with Gasteiger partial charge in [-0.05, 0) is 30.0 Å². The van der Waals surface area contributed by atoms with Gasteiger partial charge in [-0.1, -0.05) is 18.2 Å². The van der Waals surface area contributed by atoms with E-state index in [0.29, 0.717) is 38.5 Å². The fourth-order valence-corrected chi connectivity index (χ4v) is 4.11. The van der Waals surface area contributed by atoms with Crippen LogP contribution in [-0.4, -0.2) is 39.9 Å². The molecule has 8 nitrogen and oxygen atoms in total. The fourth-order valence-electron chi connectivity index (χ4n) is 4.11. The Morgan fingerprint density at radius 2 is 1.97 bits per heavy atom. The average Bonchev–Trinajstić information content (AvgIpc) is 3.30. The molecule has 2 aromatic rings. The van der Waals surface area contributed by atoms with Crippen LogP contribution in [0.3, 0.4) is 0 Å². The molecule has 0 aliphatic carbocycles. The van der Waals surface area contributed by atoms with Crippen molar-refractivity contribution in [3.05, 3.63) is 68.8 Å². The molecule has 4 N–H and O–H groups in total. The van der Waals surface area contributed by atoms with Crippen molar-refractivity contribution < 1.29 is 22.7 Å². The van der Waals surface area contributed by atoms with E-state index >= 15 is 0 Å². The van der Waals surface area contributed by atoms with E-state index in [1.807, 2.05) is 4.90 Å². The van der Waals surface area contributed by atoms with Gasteiger partial charge in [0.05, 0.1) is 24.9 Å². The Labute approximate surface area is 187 Å². The Morgan fingerprint density at radius 1 is 1.18 bits per heavy atom. The summed E-state index contributed by atoms with van der Waals surface area (Å²) in [5, 5.41) is 3.32. The minimum absolute atomic E-state index is 0.172. The number of nitrogens with zero attached hydrogens (tertiary/aromatic N) is 2. The number of alkyl halides is 3. The standard InChI is InChI=1S/C16H20N4O2.C6H4F3NO/c17-15-12-9-22-8-11(12)10-6-13(18-7-14(10)19-15)16(21)20-4-2-1-3-5-20;7-6(8,9)4-2-1-3-5(11)10-4/h1-2,13,18H,3-9H2,(H2,17,19);1-3H,(H,10,11). The lowest BCUT2D eigenvalue weighted by Crippen LogP contribution is -2.50. The van der Waals surface area contributed by atoms with Crippen LogP contribution in [0.2, 0.25) is 0 Å². The van der Waals surface area contributed by atoms with Crippen molar-refractivity contribution >= 4 is 11.7 Å². The number of amides is 1. The highest BCUT2D eigenvalue weighted by atomic mass is 19.4. The molecule has 0 aromatic carbocycles. The van der Waals surface area contributed by atoms with Gasteiger partial charge in [-0.2, -0.15) is 13.2 Å². The Hall–Kier alpha value is -3.18. The van der Waals surface area contributed by atoms with E-state index in [1.165, 1.54) is 0 Å². The van der Waals surface area contributed by atoms with E-state index in [-0.39, 0.29) is 11.9 Å². The number of hydrogen-bond acceptors (Lipinski definition) is 6. The van der Waals surface area contributed by atoms with Crippen LogP contribution in [0.5, 0.6) is 0 Å². The first kappa shape index (κ1) is 23.0. The van der Waals surface area contributed by atoms with Gasteiger partial charge in [-0.25, -0.2) is 4.98 Å². The summed E-state index contributed by atoms with van der Waals surface area (Å²) in [7, 11) is 0. The van der Waals surface area contributed by atoms with Gasteiger partial charge in [-0.3, -0.25) is 14.9 Å². The molecule has 0 saturated carbocycles. The molecule has 0 bridgehead atoms. The smallest absolute Gasteiger partial charge is 0.383 e. The van der Waals surface area contributed by atoms with E-state index < -0.39 is 17.4 Å². The second-order valence-electron chi connectivity index (χ2n) is 7.98. The summed E-state index contributed by atoms with van der Waals surface area (Å²) in [4.78, 5) is 31.1. The molecule has 0 saturated heterocycles. The number of aromatic amines is 1. The van der Waals surface area contributed by atoms with E-state index in [2.05, 4.69) is 22.5 Å². The Bertz CT molecular complexity index is 1130. The second-order valence-corrected chi connectivity index (χ2v) is 7.98. The van der Waals surface area contributed by atoms with Crippen molar-refractivity contribution in [2.24, 2.45) is 0 Å². The van der Waals surface area contributed by atoms with Crippen LogP contribution in [0.25, 0.3) is 0 Å². The zero-order valence-corrected chi connectivity index (χ0v) is 17.7. The number of H-pyrrole nitrogens is 1. The molecule has 0 spiro atoms. The third kappa shape index (κ3) is 5.09. The molecular weight excluding hydrogens is 439 g/mol. The number of aromatic nitrogens is 2. The molecule has 1 unspecified atom stereocenters. The number of nitrogens with one attached hydrogen (secondary N) is 2. The maximum atomic E-state index is 12.7. The lowest BCUT2D eigenvalue weighted by molar-refractivity contribution is -0.141. The summed E-state index contributed by atoms with van der Waals surface area (Å²) < 4.78 is 40.9. The highest BCUT2D eigenvalue weighted by Gasteiger charge is 2.33. The first-order valence-corrected chi connectivity index (χ1v) is 10.5. The molecular formula is C22H24F3N5O3. The number of pyridine rings is 2. The van der Waals surface area contributed by atoms with Crippen LogP contribution >= 0.6 is 0 Å². The van der Waals surface area contributed by atoms with Crippen molar-refractivity contribution in [3.8, 4) is 0 Å². The van der Waals surface area contributed by atoms with Gasteiger partial charge in [-0.15, -0.1) is 0 Å². The molecule has 5 heterocycles. The van der Waals surface area contributed by atoms with Gasteiger partial charge in [0.1, 0.15) is 11.5 Å². The van der Waals surface area contributed by atoms with E-state index in [9.17, 15) is 22.8 Å². The monoisotopic (exact) mass is 463 g/mol. The summed E-state index contributed by atoms with van der Waals surface area (Å²) in [5.74, 6) is 0.749. The molecule has 11 heteroatoms. The lowest BCUT2D eigenvalue weighted by atomic mass is 9.92. The quantitative estimate of drug-likeness (QED) is 0.557. The van der Waals surface area contributed by atoms with Gasteiger partial charge < -0.3 is 20.4 Å². The minimum Gasteiger partial charge on any atom is -0.383 e. The Morgan fingerprint density at radius 3 is 2.64 bits per heavy atom.